The van der Waals surface area contributed by atoms with Crippen LogP contribution in [0.15, 0.2) is 78.9 Å². The molecule has 0 fully saturated rings. The third-order valence-corrected chi connectivity index (χ3v) is 4.24. The van der Waals surface area contributed by atoms with Crippen LogP contribution in [-0.2, 0) is 6.42 Å². The van der Waals surface area contributed by atoms with Gasteiger partial charge >= 0.3 is 0 Å². The normalized spacial score (nSPS) is 11.9. The van der Waals surface area contributed by atoms with Crippen LogP contribution in [-0.4, -0.2) is 6.54 Å². The van der Waals surface area contributed by atoms with Crippen LogP contribution in [0.25, 0.3) is 0 Å². The van der Waals surface area contributed by atoms with Crippen LogP contribution in [0.1, 0.15) is 17.0 Å². The second-order valence-corrected chi connectivity index (χ2v) is 6.19. The minimum atomic E-state index is 0.241. The highest BCUT2D eigenvalue weighted by atomic mass is 35.5. The van der Waals surface area contributed by atoms with Gasteiger partial charge in [-0.15, -0.1) is 0 Å². The summed E-state index contributed by atoms with van der Waals surface area (Å²) in [5.74, 6) is 1.90. The molecule has 0 spiro atoms. The molecule has 0 amide bonds. The molecular formula is C21H20ClNO. The van der Waals surface area contributed by atoms with Crippen LogP contribution in [0.3, 0.4) is 0 Å². The van der Waals surface area contributed by atoms with Crippen molar-refractivity contribution >= 4 is 11.6 Å². The Morgan fingerprint density at radius 3 is 2.25 bits per heavy atom. The minimum Gasteiger partial charge on any atom is -0.457 e. The Morgan fingerprint density at radius 2 is 1.54 bits per heavy atom. The van der Waals surface area contributed by atoms with E-state index >= 15 is 0 Å². The first-order valence-corrected chi connectivity index (χ1v) is 8.40. The first-order valence-electron chi connectivity index (χ1n) is 8.02. The maximum Gasteiger partial charge on any atom is 0.127 e. The van der Waals surface area contributed by atoms with Gasteiger partial charge in [0.15, 0.2) is 0 Å². The first kappa shape index (κ1) is 16.6. The van der Waals surface area contributed by atoms with Crippen molar-refractivity contribution < 1.29 is 4.74 Å². The Morgan fingerprint density at radius 1 is 0.833 bits per heavy atom. The van der Waals surface area contributed by atoms with Crippen molar-refractivity contribution in [2.45, 2.75) is 12.3 Å². The summed E-state index contributed by atoms with van der Waals surface area (Å²) in [6, 6.07) is 25.9. The standard InChI is InChI=1S/C21H20ClNO/c22-19-11-9-16(10-12-19)13-18(15-23)17-5-4-8-21(14-17)24-20-6-2-1-3-7-20/h1-12,14,18H,13,15,23H2. The fourth-order valence-electron chi connectivity index (χ4n) is 2.70. The molecule has 3 heteroatoms. The van der Waals surface area contributed by atoms with Crippen LogP contribution in [0.5, 0.6) is 11.5 Å². The molecule has 0 aromatic heterocycles. The van der Waals surface area contributed by atoms with E-state index in [0.29, 0.717) is 6.54 Å². The molecule has 24 heavy (non-hydrogen) atoms. The molecule has 3 rings (SSSR count). The van der Waals surface area contributed by atoms with Gasteiger partial charge in [0.25, 0.3) is 0 Å². The second-order valence-electron chi connectivity index (χ2n) is 5.75. The Kier molecular flexibility index (Phi) is 5.52. The molecule has 0 saturated carbocycles. The molecule has 0 heterocycles. The van der Waals surface area contributed by atoms with Gasteiger partial charge < -0.3 is 10.5 Å². The van der Waals surface area contributed by atoms with E-state index in [4.69, 9.17) is 22.1 Å². The summed E-state index contributed by atoms with van der Waals surface area (Å²) in [4.78, 5) is 0. The molecule has 0 bridgehead atoms. The van der Waals surface area contributed by atoms with Crippen molar-refractivity contribution in [2.75, 3.05) is 6.54 Å². The fraction of sp³-hybridized carbons (Fsp3) is 0.143. The Hall–Kier alpha value is -2.29. The van der Waals surface area contributed by atoms with Gasteiger partial charge in [-0.1, -0.05) is 54.1 Å². The zero-order valence-corrected chi connectivity index (χ0v) is 14.1. The smallest absolute Gasteiger partial charge is 0.127 e. The largest absolute Gasteiger partial charge is 0.457 e. The van der Waals surface area contributed by atoms with E-state index in [1.807, 2.05) is 54.6 Å². The first-order chi connectivity index (χ1) is 11.7. The number of nitrogens with two attached hydrogens (primary N) is 1. The number of hydrogen-bond donors (Lipinski definition) is 1. The summed E-state index contributed by atoms with van der Waals surface area (Å²) >= 11 is 5.96. The molecule has 122 valence electrons. The monoisotopic (exact) mass is 337 g/mol. The van der Waals surface area contributed by atoms with E-state index in [1.165, 1.54) is 11.1 Å². The molecular weight excluding hydrogens is 318 g/mol. The zero-order chi connectivity index (χ0) is 16.8. The minimum absolute atomic E-state index is 0.241. The number of halogens is 1. The lowest BCUT2D eigenvalue weighted by molar-refractivity contribution is 0.481. The number of benzene rings is 3. The lowest BCUT2D eigenvalue weighted by Crippen LogP contribution is -2.15. The van der Waals surface area contributed by atoms with Crippen molar-refractivity contribution in [3.63, 3.8) is 0 Å². The van der Waals surface area contributed by atoms with Crippen LogP contribution in [0.2, 0.25) is 5.02 Å². The summed E-state index contributed by atoms with van der Waals surface area (Å²) in [6.07, 6.45) is 0.877. The summed E-state index contributed by atoms with van der Waals surface area (Å²) in [6.45, 7) is 0.581. The van der Waals surface area contributed by atoms with Gasteiger partial charge in [-0.25, -0.2) is 0 Å². The van der Waals surface area contributed by atoms with Crippen LogP contribution in [0, 0.1) is 0 Å². The van der Waals surface area contributed by atoms with E-state index in [9.17, 15) is 0 Å². The number of hydrogen-bond acceptors (Lipinski definition) is 2. The predicted octanol–water partition coefficient (Wildman–Crippen LogP) is 5.42. The van der Waals surface area contributed by atoms with Gasteiger partial charge in [0, 0.05) is 10.9 Å². The van der Waals surface area contributed by atoms with Crippen molar-refractivity contribution in [3.8, 4) is 11.5 Å². The maximum atomic E-state index is 6.02. The Bertz CT molecular complexity index is 771. The molecule has 0 aliphatic carbocycles. The lowest BCUT2D eigenvalue weighted by Gasteiger charge is -2.17. The average Bonchev–Trinajstić information content (AvgIpc) is 2.62. The summed E-state index contributed by atoms with van der Waals surface area (Å²) < 4.78 is 5.92. The predicted molar refractivity (Wildman–Crippen MR) is 99.9 cm³/mol. The van der Waals surface area contributed by atoms with E-state index in [0.717, 1.165) is 22.9 Å². The zero-order valence-electron chi connectivity index (χ0n) is 13.4. The number of para-hydroxylation sites is 1. The molecule has 3 aromatic carbocycles. The Labute approximate surface area is 147 Å². The Balaban J connectivity index is 1.76. The summed E-state index contributed by atoms with van der Waals surface area (Å²) in [5.41, 5.74) is 8.43. The molecule has 0 aliphatic heterocycles. The van der Waals surface area contributed by atoms with Gasteiger partial charge in [0.05, 0.1) is 0 Å². The van der Waals surface area contributed by atoms with Gasteiger partial charge in [-0.3, -0.25) is 0 Å². The maximum absolute atomic E-state index is 6.02. The topological polar surface area (TPSA) is 35.2 Å². The summed E-state index contributed by atoms with van der Waals surface area (Å²) in [5, 5.41) is 0.751. The van der Waals surface area contributed by atoms with Gasteiger partial charge in [-0.05, 0) is 60.5 Å². The summed E-state index contributed by atoms with van der Waals surface area (Å²) in [7, 11) is 0. The third kappa shape index (κ3) is 4.38. The van der Waals surface area contributed by atoms with Gasteiger partial charge in [-0.2, -0.15) is 0 Å². The quantitative estimate of drug-likeness (QED) is 0.652. The molecule has 3 aromatic rings. The highest BCUT2D eigenvalue weighted by Gasteiger charge is 2.12. The van der Waals surface area contributed by atoms with Crippen LogP contribution >= 0.6 is 11.6 Å². The van der Waals surface area contributed by atoms with Crippen molar-refractivity contribution in [1.82, 2.24) is 0 Å². The molecule has 0 saturated heterocycles. The highest BCUT2D eigenvalue weighted by Crippen LogP contribution is 2.27. The van der Waals surface area contributed by atoms with Crippen molar-refractivity contribution in [2.24, 2.45) is 5.73 Å². The molecule has 1 atom stereocenters. The third-order valence-electron chi connectivity index (χ3n) is 3.99. The average molecular weight is 338 g/mol. The molecule has 2 nitrogen and oxygen atoms in total. The van der Waals surface area contributed by atoms with Crippen LogP contribution < -0.4 is 10.5 Å². The molecule has 2 N–H and O–H groups in total. The SMILES string of the molecule is NCC(Cc1ccc(Cl)cc1)c1cccc(Oc2ccccc2)c1. The van der Waals surface area contributed by atoms with E-state index in [-0.39, 0.29) is 5.92 Å². The molecule has 1 unspecified atom stereocenters. The highest BCUT2D eigenvalue weighted by molar-refractivity contribution is 6.30. The van der Waals surface area contributed by atoms with E-state index in [1.54, 1.807) is 0 Å². The van der Waals surface area contributed by atoms with Crippen molar-refractivity contribution in [1.29, 1.82) is 0 Å². The van der Waals surface area contributed by atoms with Gasteiger partial charge in [0.2, 0.25) is 0 Å². The van der Waals surface area contributed by atoms with Crippen LogP contribution in [0.4, 0.5) is 0 Å². The number of rotatable bonds is 6. The fourth-order valence-corrected chi connectivity index (χ4v) is 2.82. The van der Waals surface area contributed by atoms with E-state index in [2.05, 4.69) is 24.3 Å². The van der Waals surface area contributed by atoms with Crippen molar-refractivity contribution in [3.05, 3.63) is 95.0 Å². The molecule has 0 aliphatic rings. The van der Waals surface area contributed by atoms with Gasteiger partial charge in [0.1, 0.15) is 11.5 Å². The van der Waals surface area contributed by atoms with E-state index < -0.39 is 0 Å². The second kappa shape index (κ2) is 8.00. The molecule has 0 radical (unpaired) electrons. The lowest BCUT2D eigenvalue weighted by atomic mass is 9.92. The number of ether oxygens (including phenoxy) is 1.